The van der Waals surface area contributed by atoms with Crippen LogP contribution >= 0.6 is 11.8 Å². The summed E-state index contributed by atoms with van der Waals surface area (Å²) in [6.45, 7) is 4.56. The van der Waals surface area contributed by atoms with Gasteiger partial charge in [-0.25, -0.2) is 0 Å². The molecule has 0 atom stereocenters. The molecule has 1 aromatic heterocycles. The Hall–Kier alpha value is -3.07. The maximum Gasteiger partial charge on any atom is 0.233 e. The molecule has 2 aromatic carbocycles. The van der Waals surface area contributed by atoms with Gasteiger partial charge in [0.2, 0.25) is 11.1 Å². The molecule has 0 bridgehead atoms. The largest absolute Gasteiger partial charge is 0.493 e. The van der Waals surface area contributed by atoms with Gasteiger partial charge >= 0.3 is 0 Å². The Morgan fingerprint density at radius 3 is 2.53 bits per heavy atom. The van der Waals surface area contributed by atoms with Gasteiger partial charge in [-0.1, -0.05) is 23.9 Å². The first-order valence-electron chi connectivity index (χ1n) is 9.36. The summed E-state index contributed by atoms with van der Waals surface area (Å²) in [7, 11) is 4.95. The normalized spacial score (nSPS) is 10.7. The van der Waals surface area contributed by atoms with Crippen molar-refractivity contribution in [3.05, 3.63) is 53.1 Å². The number of nitrogens with zero attached hydrogens (tertiary/aromatic N) is 5. The van der Waals surface area contributed by atoms with E-state index < -0.39 is 0 Å². The molecule has 0 aliphatic carbocycles. The summed E-state index contributed by atoms with van der Waals surface area (Å²) in [5.41, 5.74) is 4.18. The topological polar surface area (TPSA) is 82.4 Å². The zero-order valence-corrected chi connectivity index (χ0v) is 18.6. The summed E-state index contributed by atoms with van der Waals surface area (Å²) in [5, 5.41) is 12.5. The van der Waals surface area contributed by atoms with Crippen LogP contribution in [-0.2, 0) is 11.3 Å². The number of aryl methyl sites for hydroxylation is 2. The van der Waals surface area contributed by atoms with Crippen LogP contribution < -0.4 is 9.47 Å². The van der Waals surface area contributed by atoms with Crippen molar-refractivity contribution in [1.29, 1.82) is 0 Å². The Balaban J connectivity index is 1.63. The Bertz CT molecular complexity index is 1040. The number of methoxy groups -OCH3 is 2. The average Bonchev–Trinajstić information content (AvgIpc) is 3.22. The number of hydrogen-bond donors (Lipinski definition) is 0. The van der Waals surface area contributed by atoms with Crippen LogP contribution in [-0.4, -0.2) is 58.0 Å². The number of carbonyl (C=O) groups excluding carboxylic acids is 1. The van der Waals surface area contributed by atoms with Crippen molar-refractivity contribution in [2.75, 3.05) is 27.0 Å². The molecule has 0 fully saturated rings. The van der Waals surface area contributed by atoms with Gasteiger partial charge in [-0.05, 0) is 65.2 Å². The smallest absolute Gasteiger partial charge is 0.233 e. The maximum absolute atomic E-state index is 12.6. The number of carbonyl (C=O) groups is 1. The molecule has 0 N–H and O–H groups in total. The highest BCUT2D eigenvalue weighted by Gasteiger charge is 2.15. The molecule has 158 valence electrons. The fourth-order valence-electron chi connectivity index (χ4n) is 2.87. The minimum atomic E-state index is -0.0237. The van der Waals surface area contributed by atoms with Gasteiger partial charge in [0.15, 0.2) is 11.5 Å². The van der Waals surface area contributed by atoms with E-state index in [1.807, 2.05) is 43.3 Å². The van der Waals surface area contributed by atoms with Gasteiger partial charge in [-0.15, -0.1) is 5.10 Å². The van der Waals surface area contributed by atoms with Crippen molar-refractivity contribution in [1.82, 2.24) is 25.1 Å². The van der Waals surface area contributed by atoms with E-state index in [9.17, 15) is 4.79 Å². The third kappa shape index (κ3) is 4.91. The highest BCUT2D eigenvalue weighted by Crippen LogP contribution is 2.28. The molecule has 0 saturated carbocycles. The number of aromatic nitrogens is 4. The Morgan fingerprint density at radius 2 is 1.83 bits per heavy atom. The van der Waals surface area contributed by atoms with Gasteiger partial charge in [0.05, 0.1) is 25.7 Å². The second-order valence-corrected chi connectivity index (χ2v) is 7.81. The first kappa shape index (κ1) is 21.6. The first-order chi connectivity index (χ1) is 14.4. The van der Waals surface area contributed by atoms with E-state index in [1.165, 1.54) is 17.3 Å². The molecule has 0 aliphatic heterocycles. The molecule has 30 heavy (non-hydrogen) atoms. The Kier molecular flexibility index (Phi) is 6.94. The van der Waals surface area contributed by atoms with E-state index in [0.29, 0.717) is 23.2 Å². The lowest BCUT2D eigenvalue weighted by Crippen LogP contribution is -2.28. The zero-order valence-electron chi connectivity index (χ0n) is 17.7. The van der Waals surface area contributed by atoms with E-state index >= 15 is 0 Å². The van der Waals surface area contributed by atoms with Crippen LogP contribution in [0.1, 0.15) is 16.7 Å². The fraction of sp³-hybridized carbons (Fsp3) is 0.333. The van der Waals surface area contributed by atoms with Gasteiger partial charge in [0, 0.05) is 13.6 Å². The molecule has 0 saturated heterocycles. The summed E-state index contributed by atoms with van der Waals surface area (Å²) in [5.74, 6) is 1.50. The summed E-state index contributed by atoms with van der Waals surface area (Å²) in [6, 6.07) is 11.6. The molecule has 1 amide bonds. The van der Waals surface area contributed by atoms with Crippen molar-refractivity contribution >= 4 is 17.7 Å². The highest BCUT2D eigenvalue weighted by atomic mass is 32.2. The zero-order chi connectivity index (χ0) is 21.7. The van der Waals surface area contributed by atoms with Crippen LogP contribution in [0.5, 0.6) is 11.5 Å². The van der Waals surface area contributed by atoms with Crippen LogP contribution in [0.15, 0.2) is 41.6 Å². The first-order valence-corrected chi connectivity index (χ1v) is 10.3. The van der Waals surface area contributed by atoms with E-state index in [0.717, 1.165) is 16.8 Å². The van der Waals surface area contributed by atoms with Crippen molar-refractivity contribution in [2.45, 2.75) is 25.5 Å². The number of thioether (sulfide) groups is 1. The van der Waals surface area contributed by atoms with Crippen molar-refractivity contribution in [3.8, 4) is 17.2 Å². The van der Waals surface area contributed by atoms with Gasteiger partial charge in [0.1, 0.15) is 0 Å². The third-order valence-electron chi connectivity index (χ3n) is 4.79. The maximum atomic E-state index is 12.6. The Labute approximate surface area is 180 Å². The van der Waals surface area contributed by atoms with Crippen LogP contribution in [0.4, 0.5) is 0 Å². The summed E-state index contributed by atoms with van der Waals surface area (Å²) in [6.07, 6.45) is 0. The van der Waals surface area contributed by atoms with Crippen molar-refractivity contribution in [3.63, 3.8) is 0 Å². The molecule has 3 rings (SSSR count). The van der Waals surface area contributed by atoms with Gasteiger partial charge < -0.3 is 14.4 Å². The number of benzene rings is 2. The monoisotopic (exact) mass is 427 g/mol. The van der Waals surface area contributed by atoms with Crippen LogP contribution in [0.25, 0.3) is 5.69 Å². The fourth-order valence-corrected chi connectivity index (χ4v) is 3.70. The van der Waals surface area contributed by atoms with Crippen molar-refractivity contribution in [2.24, 2.45) is 0 Å². The van der Waals surface area contributed by atoms with Crippen LogP contribution in [0.3, 0.4) is 0 Å². The predicted molar refractivity (Wildman–Crippen MR) is 115 cm³/mol. The average molecular weight is 428 g/mol. The van der Waals surface area contributed by atoms with Gasteiger partial charge in [0.25, 0.3) is 0 Å². The van der Waals surface area contributed by atoms with Gasteiger partial charge in [-0.2, -0.15) is 4.68 Å². The number of amides is 1. The third-order valence-corrected chi connectivity index (χ3v) is 5.70. The van der Waals surface area contributed by atoms with Crippen LogP contribution in [0, 0.1) is 13.8 Å². The number of hydrogen-bond acceptors (Lipinski definition) is 7. The molecule has 9 heteroatoms. The molecule has 0 unspecified atom stereocenters. The van der Waals surface area contributed by atoms with E-state index in [2.05, 4.69) is 22.4 Å². The molecule has 0 spiro atoms. The summed E-state index contributed by atoms with van der Waals surface area (Å²) < 4.78 is 12.2. The molecular formula is C21H25N5O3S. The number of tetrazole rings is 1. The summed E-state index contributed by atoms with van der Waals surface area (Å²) in [4.78, 5) is 14.3. The van der Waals surface area contributed by atoms with E-state index in [-0.39, 0.29) is 11.7 Å². The molecule has 0 aliphatic rings. The predicted octanol–water partition coefficient (Wildman–Crippen LogP) is 3.05. The minimum Gasteiger partial charge on any atom is -0.493 e. The van der Waals surface area contributed by atoms with E-state index in [4.69, 9.17) is 9.47 Å². The van der Waals surface area contributed by atoms with Crippen molar-refractivity contribution < 1.29 is 14.3 Å². The summed E-state index contributed by atoms with van der Waals surface area (Å²) >= 11 is 1.31. The lowest BCUT2D eigenvalue weighted by atomic mass is 10.1. The van der Waals surface area contributed by atoms with E-state index in [1.54, 1.807) is 30.8 Å². The lowest BCUT2D eigenvalue weighted by Gasteiger charge is -2.18. The highest BCUT2D eigenvalue weighted by molar-refractivity contribution is 7.99. The SMILES string of the molecule is COc1ccc(CN(C)C(=O)CSc2nnnn2-c2ccc(C)c(C)c2)cc1OC. The van der Waals surface area contributed by atoms with Crippen LogP contribution in [0.2, 0.25) is 0 Å². The second-order valence-electron chi connectivity index (χ2n) is 6.87. The quantitative estimate of drug-likeness (QED) is 0.511. The molecular weight excluding hydrogens is 402 g/mol. The second kappa shape index (κ2) is 9.62. The number of rotatable bonds is 8. The Morgan fingerprint density at radius 1 is 1.07 bits per heavy atom. The number of ether oxygens (including phenoxy) is 2. The molecule has 8 nitrogen and oxygen atoms in total. The molecule has 3 aromatic rings. The minimum absolute atomic E-state index is 0.0237. The molecule has 1 heterocycles. The molecule has 0 radical (unpaired) electrons. The lowest BCUT2D eigenvalue weighted by molar-refractivity contribution is -0.127. The van der Waals surface area contributed by atoms with Gasteiger partial charge in [-0.3, -0.25) is 4.79 Å². The standard InChI is InChI=1S/C21H25N5O3S/c1-14-6-8-17(10-15(14)2)26-21(22-23-24-26)30-13-20(27)25(3)12-16-7-9-18(28-4)19(11-16)29-5/h6-11H,12-13H2,1-5H3.